The third-order valence-corrected chi connectivity index (χ3v) is 4.24. The summed E-state index contributed by atoms with van der Waals surface area (Å²) >= 11 is 0. The number of carbonyl (C=O) groups excluding carboxylic acids is 2. The van der Waals surface area contributed by atoms with Gasteiger partial charge in [-0.3, -0.25) is 14.5 Å². The maximum atomic E-state index is 12.5. The summed E-state index contributed by atoms with van der Waals surface area (Å²) < 4.78 is 0. The Bertz CT molecular complexity index is 624. The highest BCUT2D eigenvalue weighted by atomic mass is 16.3. The lowest BCUT2D eigenvalue weighted by Gasteiger charge is -2.39. The van der Waals surface area contributed by atoms with Crippen LogP contribution in [0.25, 0.3) is 0 Å². The standard InChI is InChI=1S/C17H22N4O3/c18-11-14-3-1-13(2-4-14)5-6-16(23)21-8-7-20(9-10-22)12-15(21)17(19)24/h1-4,15,22H,5-10,12H2,(H2,19,24). The van der Waals surface area contributed by atoms with E-state index in [1.807, 2.05) is 17.0 Å². The number of hydrogen-bond donors (Lipinski definition) is 2. The molecule has 1 aromatic carbocycles. The van der Waals surface area contributed by atoms with Gasteiger partial charge in [-0.25, -0.2) is 0 Å². The second-order valence-electron chi connectivity index (χ2n) is 5.84. The van der Waals surface area contributed by atoms with E-state index in [0.717, 1.165) is 5.56 Å². The van der Waals surface area contributed by atoms with Crippen molar-refractivity contribution in [2.24, 2.45) is 5.73 Å². The monoisotopic (exact) mass is 330 g/mol. The van der Waals surface area contributed by atoms with Gasteiger partial charge < -0.3 is 15.7 Å². The van der Waals surface area contributed by atoms with Crippen LogP contribution < -0.4 is 5.73 Å². The molecule has 0 saturated carbocycles. The van der Waals surface area contributed by atoms with E-state index in [2.05, 4.69) is 6.07 Å². The van der Waals surface area contributed by atoms with Crippen LogP contribution in [-0.2, 0) is 16.0 Å². The van der Waals surface area contributed by atoms with E-state index in [4.69, 9.17) is 16.1 Å². The molecule has 1 aliphatic heterocycles. The first-order valence-electron chi connectivity index (χ1n) is 7.96. The Balaban J connectivity index is 1.94. The van der Waals surface area contributed by atoms with Crippen molar-refractivity contribution >= 4 is 11.8 Å². The van der Waals surface area contributed by atoms with Gasteiger partial charge >= 0.3 is 0 Å². The first-order valence-corrected chi connectivity index (χ1v) is 7.96. The molecule has 1 aromatic rings. The molecule has 128 valence electrons. The Morgan fingerprint density at radius 1 is 1.29 bits per heavy atom. The number of piperazine rings is 1. The molecule has 1 unspecified atom stereocenters. The molecule has 2 amide bonds. The average Bonchev–Trinajstić information content (AvgIpc) is 2.60. The van der Waals surface area contributed by atoms with E-state index in [1.165, 1.54) is 0 Å². The summed E-state index contributed by atoms with van der Waals surface area (Å²) in [6, 6.07) is 8.50. The van der Waals surface area contributed by atoms with Crippen LogP contribution in [0.4, 0.5) is 0 Å². The fraction of sp³-hybridized carbons (Fsp3) is 0.471. The van der Waals surface area contributed by atoms with Crippen molar-refractivity contribution in [2.75, 3.05) is 32.8 Å². The first kappa shape index (κ1) is 17.9. The molecule has 1 heterocycles. The number of nitriles is 1. The SMILES string of the molecule is N#Cc1ccc(CCC(=O)N2CCN(CCO)CC2C(N)=O)cc1. The Kier molecular flexibility index (Phi) is 6.29. The van der Waals surface area contributed by atoms with E-state index >= 15 is 0 Å². The molecule has 0 radical (unpaired) electrons. The quantitative estimate of drug-likeness (QED) is 0.729. The van der Waals surface area contributed by atoms with Gasteiger partial charge in [0.05, 0.1) is 18.2 Å². The lowest BCUT2D eigenvalue weighted by atomic mass is 10.1. The Hall–Kier alpha value is -2.43. The predicted octanol–water partition coefficient (Wildman–Crippen LogP) is -0.519. The minimum absolute atomic E-state index is 0.0120. The number of aliphatic hydroxyl groups excluding tert-OH is 1. The highest BCUT2D eigenvalue weighted by molar-refractivity contribution is 5.87. The summed E-state index contributed by atoms with van der Waals surface area (Å²) in [5, 5.41) is 17.8. The van der Waals surface area contributed by atoms with Gasteiger partial charge in [0.1, 0.15) is 6.04 Å². The van der Waals surface area contributed by atoms with Crippen LogP contribution in [0.1, 0.15) is 17.5 Å². The smallest absolute Gasteiger partial charge is 0.241 e. The number of benzene rings is 1. The minimum Gasteiger partial charge on any atom is -0.395 e. The average molecular weight is 330 g/mol. The number of nitrogens with zero attached hydrogens (tertiary/aromatic N) is 3. The lowest BCUT2D eigenvalue weighted by molar-refractivity contribution is -0.142. The maximum absolute atomic E-state index is 12.5. The normalized spacial score (nSPS) is 18.2. The maximum Gasteiger partial charge on any atom is 0.241 e. The molecule has 24 heavy (non-hydrogen) atoms. The van der Waals surface area contributed by atoms with Crippen molar-refractivity contribution in [3.63, 3.8) is 0 Å². The molecule has 1 aliphatic rings. The van der Waals surface area contributed by atoms with Crippen molar-refractivity contribution in [3.8, 4) is 6.07 Å². The van der Waals surface area contributed by atoms with Gasteiger partial charge in [0.15, 0.2) is 0 Å². The fourth-order valence-electron chi connectivity index (χ4n) is 2.87. The predicted molar refractivity (Wildman–Crippen MR) is 87.7 cm³/mol. The molecule has 0 spiro atoms. The van der Waals surface area contributed by atoms with Crippen molar-refractivity contribution in [2.45, 2.75) is 18.9 Å². The van der Waals surface area contributed by atoms with Gasteiger partial charge in [-0.15, -0.1) is 0 Å². The molecule has 0 bridgehead atoms. The Labute approximate surface area is 141 Å². The lowest BCUT2D eigenvalue weighted by Crippen LogP contribution is -2.60. The van der Waals surface area contributed by atoms with E-state index in [9.17, 15) is 9.59 Å². The second kappa shape index (κ2) is 8.43. The summed E-state index contributed by atoms with van der Waals surface area (Å²) in [5.74, 6) is -0.629. The van der Waals surface area contributed by atoms with E-state index in [0.29, 0.717) is 38.2 Å². The molecule has 7 heteroatoms. The largest absolute Gasteiger partial charge is 0.395 e. The van der Waals surface area contributed by atoms with Crippen LogP contribution in [-0.4, -0.2) is 65.5 Å². The molecule has 7 nitrogen and oxygen atoms in total. The number of carbonyl (C=O) groups is 2. The zero-order valence-electron chi connectivity index (χ0n) is 13.5. The molecule has 1 fully saturated rings. The second-order valence-corrected chi connectivity index (χ2v) is 5.84. The van der Waals surface area contributed by atoms with Crippen molar-refractivity contribution in [1.29, 1.82) is 5.26 Å². The van der Waals surface area contributed by atoms with Crippen LogP contribution in [0, 0.1) is 11.3 Å². The zero-order valence-corrected chi connectivity index (χ0v) is 13.5. The van der Waals surface area contributed by atoms with Gasteiger partial charge in [0, 0.05) is 32.6 Å². The number of amides is 2. The minimum atomic E-state index is -0.654. The van der Waals surface area contributed by atoms with Crippen LogP contribution in [0.2, 0.25) is 0 Å². The highest BCUT2D eigenvalue weighted by Gasteiger charge is 2.33. The molecular weight excluding hydrogens is 308 g/mol. The van der Waals surface area contributed by atoms with Crippen molar-refractivity contribution in [1.82, 2.24) is 9.80 Å². The topological polar surface area (TPSA) is 111 Å². The van der Waals surface area contributed by atoms with Crippen LogP contribution in [0.3, 0.4) is 0 Å². The van der Waals surface area contributed by atoms with Crippen LogP contribution in [0.5, 0.6) is 0 Å². The third-order valence-electron chi connectivity index (χ3n) is 4.24. The number of aliphatic hydroxyl groups is 1. The summed E-state index contributed by atoms with van der Waals surface area (Å²) in [7, 11) is 0. The Morgan fingerprint density at radius 3 is 2.58 bits per heavy atom. The number of β-amino-alcohol motifs (C(OH)–C–C–N with tert-alkyl or cyclic N) is 1. The molecular formula is C17H22N4O3. The Morgan fingerprint density at radius 2 is 2.00 bits per heavy atom. The van der Waals surface area contributed by atoms with E-state index < -0.39 is 11.9 Å². The number of nitrogens with two attached hydrogens (primary N) is 1. The molecule has 0 aliphatic carbocycles. The molecule has 2 rings (SSSR count). The van der Waals surface area contributed by atoms with Gasteiger partial charge in [-0.2, -0.15) is 5.26 Å². The summed E-state index contributed by atoms with van der Waals surface area (Å²) in [5.41, 5.74) is 6.99. The zero-order chi connectivity index (χ0) is 17.5. The number of primary amides is 1. The third kappa shape index (κ3) is 4.54. The van der Waals surface area contributed by atoms with Crippen LogP contribution in [0.15, 0.2) is 24.3 Å². The van der Waals surface area contributed by atoms with Gasteiger partial charge in [0.25, 0.3) is 0 Å². The molecule has 0 aromatic heterocycles. The van der Waals surface area contributed by atoms with Gasteiger partial charge in [-0.05, 0) is 24.1 Å². The summed E-state index contributed by atoms with van der Waals surface area (Å²) in [6.07, 6.45) is 0.836. The summed E-state index contributed by atoms with van der Waals surface area (Å²) in [6.45, 7) is 1.89. The van der Waals surface area contributed by atoms with Gasteiger partial charge in [0.2, 0.25) is 11.8 Å². The fourth-order valence-corrected chi connectivity index (χ4v) is 2.87. The van der Waals surface area contributed by atoms with E-state index in [1.54, 1.807) is 17.0 Å². The highest BCUT2D eigenvalue weighted by Crippen LogP contribution is 2.13. The number of hydrogen-bond acceptors (Lipinski definition) is 5. The van der Waals surface area contributed by atoms with Crippen molar-refractivity contribution in [3.05, 3.63) is 35.4 Å². The van der Waals surface area contributed by atoms with E-state index in [-0.39, 0.29) is 18.9 Å². The van der Waals surface area contributed by atoms with Crippen LogP contribution >= 0.6 is 0 Å². The molecule has 1 saturated heterocycles. The summed E-state index contributed by atoms with van der Waals surface area (Å²) in [4.78, 5) is 27.6. The first-order chi connectivity index (χ1) is 11.5. The number of aryl methyl sites for hydroxylation is 1. The molecule has 1 atom stereocenters. The van der Waals surface area contributed by atoms with Gasteiger partial charge in [-0.1, -0.05) is 12.1 Å². The molecule has 3 N–H and O–H groups in total. The van der Waals surface area contributed by atoms with Crippen molar-refractivity contribution < 1.29 is 14.7 Å². The number of rotatable bonds is 6.